The van der Waals surface area contributed by atoms with Crippen LogP contribution in [0.1, 0.15) is 6.92 Å². The van der Waals surface area contributed by atoms with Crippen LogP contribution in [0.25, 0.3) is 0 Å². The normalized spacial score (nSPS) is 10.1. The fourth-order valence-corrected chi connectivity index (χ4v) is 2.34. The SMILES string of the molecule is COCOc1c(OCC(C)=O)cc(I)nc1Br. The molecule has 0 radical (unpaired) electrons. The Morgan fingerprint density at radius 3 is 2.82 bits per heavy atom. The highest BCUT2D eigenvalue weighted by Gasteiger charge is 2.13. The Labute approximate surface area is 121 Å². The summed E-state index contributed by atoms with van der Waals surface area (Å²) in [7, 11) is 1.52. The molecule has 5 nitrogen and oxygen atoms in total. The van der Waals surface area contributed by atoms with Crippen molar-refractivity contribution in [3.63, 3.8) is 0 Å². The summed E-state index contributed by atoms with van der Waals surface area (Å²) in [5.41, 5.74) is 0. The van der Waals surface area contributed by atoms with Gasteiger partial charge in [-0.1, -0.05) is 0 Å². The molecule has 17 heavy (non-hydrogen) atoms. The van der Waals surface area contributed by atoms with Gasteiger partial charge < -0.3 is 14.2 Å². The van der Waals surface area contributed by atoms with Crippen molar-refractivity contribution >= 4 is 44.3 Å². The van der Waals surface area contributed by atoms with Gasteiger partial charge in [-0.3, -0.25) is 4.79 Å². The highest BCUT2D eigenvalue weighted by Crippen LogP contribution is 2.35. The van der Waals surface area contributed by atoms with Gasteiger partial charge in [0.1, 0.15) is 10.3 Å². The van der Waals surface area contributed by atoms with Crippen molar-refractivity contribution < 1.29 is 19.0 Å². The first-order chi connectivity index (χ1) is 8.04. The molecule has 0 bridgehead atoms. The Bertz CT molecular complexity index is 414. The van der Waals surface area contributed by atoms with Crippen molar-refractivity contribution in [2.75, 3.05) is 20.5 Å². The van der Waals surface area contributed by atoms with Crippen LogP contribution >= 0.6 is 38.5 Å². The number of Topliss-reactive ketones (excluding diaryl/α,β-unsaturated/α-hetero) is 1. The van der Waals surface area contributed by atoms with Gasteiger partial charge in [-0.15, -0.1) is 0 Å². The fourth-order valence-electron chi connectivity index (χ4n) is 0.987. The second-order valence-corrected chi connectivity index (χ2v) is 4.96. The molecule has 1 aromatic heterocycles. The minimum Gasteiger partial charge on any atom is -0.482 e. The molecule has 0 aliphatic carbocycles. The molecule has 0 aliphatic heterocycles. The van der Waals surface area contributed by atoms with Crippen molar-refractivity contribution in [3.05, 3.63) is 14.4 Å². The molecule has 0 amide bonds. The van der Waals surface area contributed by atoms with E-state index in [4.69, 9.17) is 14.2 Å². The summed E-state index contributed by atoms with van der Waals surface area (Å²) in [5.74, 6) is 0.822. The van der Waals surface area contributed by atoms with Crippen molar-refractivity contribution in [2.45, 2.75) is 6.92 Å². The summed E-state index contributed by atoms with van der Waals surface area (Å²) in [6, 6.07) is 1.69. The van der Waals surface area contributed by atoms with Gasteiger partial charge in [-0.2, -0.15) is 0 Å². The van der Waals surface area contributed by atoms with Gasteiger partial charge in [0.15, 0.2) is 28.7 Å². The number of pyridine rings is 1. The number of rotatable bonds is 6. The van der Waals surface area contributed by atoms with Crippen LogP contribution in [-0.4, -0.2) is 31.3 Å². The first kappa shape index (κ1) is 14.7. The van der Waals surface area contributed by atoms with E-state index in [-0.39, 0.29) is 19.2 Å². The quantitative estimate of drug-likeness (QED) is 0.405. The number of aromatic nitrogens is 1. The monoisotopic (exact) mass is 415 g/mol. The average molecular weight is 416 g/mol. The first-order valence-electron chi connectivity index (χ1n) is 4.64. The zero-order valence-electron chi connectivity index (χ0n) is 9.33. The van der Waals surface area contributed by atoms with Gasteiger partial charge in [0.25, 0.3) is 0 Å². The number of methoxy groups -OCH3 is 1. The number of ether oxygens (including phenoxy) is 3. The Morgan fingerprint density at radius 1 is 1.53 bits per heavy atom. The molecule has 0 aromatic carbocycles. The van der Waals surface area contributed by atoms with Crippen LogP contribution in [0.2, 0.25) is 0 Å². The Kier molecular flexibility index (Phi) is 6.14. The maximum Gasteiger partial charge on any atom is 0.197 e. The maximum atomic E-state index is 10.9. The highest BCUT2D eigenvalue weighted by atomic mass is 127. The summed E-state index contributed by atoms with van der Waals surface area (Å²) in [6.45, 7) is 1.53. The van der Waals surface area contributed by atoms with Crippen LogP contribution in [0.3, 0.4) is 0 Å². The summed E-state index contributed by atoms with van der Waals surface area (Å²) >= 11 is 5.32. The largest absolute Gasteiger partial charge is 0.482 e. The molecule has 0 unspecified atom stereocenters. The molecule has 0 N–H and O–H groups in total. The van der Waals surface area contributed by atoms with Crippen LogP contribution in [-0.2, 0) is 9.53 Å². The lowest BCUT2D eigenvalue weighted by Gasteiger charge is -2.12. The van der Waals surface area contributed by atoms with Crippen LogP contribution in [0.4, 0.5) is 0 Å². The van der Waals surface area contributed by atoms with Crippen LogP contribution in [0.5, 0.6) is 11.5 Å². The van der Waals surface area contributed by atoms with Crippen molar-refractivity contribution in [1.29, 1.82) is 0 Å². The summed E-state index contributed by atoms with van der Waals surface area (Å²) in [6.07, 6.45) is 0. The molecular weight excluding hydrogens is 405 g/mol. The number of halogens is 2. The van der Waals surface area contributed by atoms with E-state index >= 15 is 0 Å². The molecule has 1 aromatic rings. The predicted octanol–water partition coefficient (Wildman–Crippen LogP) is 2.40. The van der Waals surface area contributed by atoms with E-state index in [0.29, 0.717) is 16.1 Å². The van der Waals surface area contributed by atoms with E-state index in [9.17, 15) is 4.79 Å². The van der Waals surface area contributed by atoms with Crippen LogP contribution < -0.4 is 9.47 Å². The summed E-state index contributed by atoms with van der Waals surface area (Å²) in [5, 5.41) is 0. The number of ketones is 1. The van der Waals surface area contributed by atoms with Gasteiger partial charge in [0.05, 0.1) is 0 Å². The molecule has 0 saturated carbocycles. The second-order valence-electron chi connectivity index (χ2n) is 3.10. The molecule has 0 aliphatic rings. The molecule has 0 spiro atoms. The molecule has 94 valence electrons. The standard InChI is InChI=1S/C10H11BrINO4/c1-6(14)4-16-7-3-8(12)13-10(11)9(7)17-5-15-2/h3H,4-5H2,1-2H3. The molecule has 1 heterocycles. The third-order valence-corrected chi connectivity index (χ3v) is 2.71. The number of carbonyl (C=O) groups excluding carboxylic acids is 1. The lowest BCUT2D eigenvalue weighted by atomic mass is 10.4. The van der Waals surface area contributed by atoms with Crippen molar-refractivity contribution in [2.24, 2.45) is 0 Å². The molecular formula is C10H11BrINO4. The first-order valence-corrected chi connectivity index (χ1v) is 6.51. The fraction of sp³-hybridized carbons (Fsp3) is 0.400. The zero-order chi connectivity index (χ0) is 12.8. The molecule has 0 fully saturated rings. The Hall–Kier alpha value is -0.410. The molecule has 1 rings (SSSR count). The highest BCUT2D eigenvalue weighted by molar-refractivity contribution is 14.1. The van der Waals surface area contributed by atoms with Crippen LogP contribution in [0.15, 0.2) is 10.7 Å². The number of nitrogens with zero attached hydrogens (tertiary/aromatic N) is 1. The summed E-state index contributed by atoms with van der Waals surface area (Å²) in [4.78, 5) is 15.1. The van der Waals surface area contributed by atoms with Gasteiger partial charge in [-0.25, -0.2) is 4.98 Å². The average Bonchev–Trinajstić information content (AvgIpc) is 2.24. The zero-order valence-corrected chi connectivity index (χ0v) is 13.1. The third kappa shape index (κ3) is 4.76. The smallest absolute Gasteiger partial charge is 0.197 e. The van der Waals surface area contributed by atoms with E-state index < -0.39 is 0 Å². The minimum atomic E-state index is -0.0642. The van der Waals surface area contributed by atoms with E-state index in [0.717, 1.165) is 3.70 Å². The summed E-state index contributed by atoms with van der Waals surface area (Å²) < 4.78 is 16.7. The van der Waals surface area contributed by atoms with Gasteiger partial charge in [0, 0.05) is 13.2 Å². The minimum absolute atomic E-state index is 0.00409. The predicted molar refractivity (Wildman–Crippen MR) is 73.3 cm³/mol. The van der Waals surface area contributed by atoms with Crippen LogP contribution in [0, 0.1) is 3.70 Å². The molecule has 0 saturated heterocycles. The Morgan fingerprint density at radius 2 is 2.24 bits per heavy atom. The topological polar surface area (TPSA) is 57.7 Å². The van der Waals surface area contributed by atoms with E-state index in [1.165, 1.54) is 14.0 Å². The number of carbonyl (C=O) groups is 1. The van der Waals surface area contributed by atoms with Gasteiger partial charge >= 0.3 is 0 Å². The van der Waals surface area contributed by atoms with E-state index in [1.54, 1.807) is 6.07 Å². The molecule has 7 heteroatoms. The third-order valence-electron chi connectivity index (χ3n) is 1.62. The lowest BCUT2D eigenvalue weighted by molar-refractivity contribution is -0.118. The van der Waals surface area contributed by atoms with Crippen molar-refractivity contribution in [1.82, 2.24) is 4.98 Å². The number of hydrogen-bond donors (Lipinski definition) is 0. The maximum absolute atomic E-state index is 10.9. The van der Waals surface area contributed by atoms with Gasteiger partial charge in [0.2, 0.25) is 0 Å². The second kappa shape index (κ2) is 7.12. The molecule has 0 atom stereocenters. The number of hydrogen-bond acceptors (Lipinski definition) is 5. The van der Waals surface area contributed by atoms with Crippen molar-refractivity contribution in [3.8, 4) is 11.5 Å². The van der Waals surface area contributed by atoms with E-state index in [1.807, 2.05) is 22.6 Å². The van der Waals surface area contributed by atoms with E-state index in [2.05, 4.69) is 20.9 Å². The lowest BCUT2D eigenvalue weighted by Crippen LogP contribution is -2.09. The Balaban J connectivity index is 2.93. The van der Waals surface area contributed by atoms with Gasteiger partial charge in [-0.05, 0) is 45.4 Å².